The summed E-state index contributed by atoms with van der Waals surface area (Å²) in [6, 6.07) is 25.8. The molecule has 0 saturated carbocycles. The number of nitrogens with zero attached hydrogens (tertiary/aromatic N) is 1. The first-order chi connectivity index (χ1) is 16.6. The summed E-state index contributed by atoms with van der Waals surface area (Å²) >= 11 is 0. The predicted molar refractivity (Wildman–Crippen MR) is 129 cm³/mol. The van der Waals surface area contributed by atoms with Gasteiger partial charge in [0.05, 0.1) is 26.9 Å². The van der Waals surface area contributed by atoms with Crippen LogP contribution in [0.5, 0.6) is 11.5 Å². The van der Waals surface area contributed by atoms with Crippen LogP contribution in [0.15, 0.2) is 102 Å². The van der Waals surface area contributed by atoms with Gasteiger partial charge in [0, 0.05) is 12.3 Å². The molecule has 0 bridgehead atoms. The number of ether oxygens (including phenoxy) is 3. The largest absolute Gasteiger partial charge is 0.497 e. The van der Waals surface area contributed by atoms with Crippen LogP contribution in [0.3, 0.4) is 0 Å². The lowest BCUT2D eigenvalue weighted by Gasteiger charge is -2.30. The number of pyridine rings is 1. The molecule has 34 heavy (non-hydrogen) atoms. The Morgan fingerprint density at radius 1 is 0.765 bits per heavy atom. The smallest absolute Gasteiger partial charge is 0.251 e. The lowest BCUT2D eigenvalue weighted by Crippen LogP contribution is -2.30. The van der Waals surface area contributed by atoms with E-state index in [2.05, 4.69) is 0 Å². The van der Waals surface area contributed by atoms with Gasteiger partial charge >= 0.3 is 0 Å². The molecule has 0 aliphatic rings. The second-order valence-electron chi connectivity index (χ2n) is 7.80. The average molecular weight is 460 g/mol. The summed E-state index contributed by atoms with van der Waals surface area (Å²) in [5.41, 5.74) is 2.39. The van der Waals surface area contributed by atoms with E-state index in [1.165, 1.54) is 18.2 Å². The van der Waals surface area contributed by atoms with Crippen LogP contribution in [-0.2, 0) is 11.3 Å². The van der Waals surface area contributed by atoms with Crippen LogP contribution in [-0.4, -0.2) is 18.8 Å². The van der Waals surface area contributed by atoms with Crippen molar-refractivity contribution in [2.45, 2.75) is 18.8 Å². The van der Waals surface area contributed by atoms with Crippen LogP contribution in [0.2, 0.25) is 0 Å². The molecular weight excluding hydrogens is 433 g/mol. The van der Waals surface area contributed by atoms with Gasteiger partial charge in [-0.2, -0.15) is 0 Å². The first-order valence-electron chi connectivity index (χ1n) is 10.9. The Kier molecular flexibility index (Phi) is 7.40. The molecule has 174 valence electrons. The maximum absolute atomic E-state index is 13.7. The highest BCUT2D eigenvalue weighted by molar-refractivity contribution is 5.33. The molecule has 0 saturated heterocycles. The molecular formula is C28H26FNO4. The maximum atomic E-state index is 13.7. The van der Waals surface area contributed by atoms with Gasteiger partial charge in [-0.3, -0.25) is 4.79 Å². The average Bonchev–Trinajstić information content (AvgIpc) is 2.88. The summed E-state index contributed by atoms with van der Waals surface area (Å²) in [6.07, 6.45) is 1.18. The Morgan fingerprint density at radius 3 is 1.94 bits per heavy atom. The number of halogens is 1. The molecule has 0 fully saturated rings. The van der Waals surface area contributed by atoms with E-state index in [0.717, 1.165) is 22.4 Å². The number of hydrogen-bond donors (Lipinski definition) is 0. The summed E-state index contributed by atoms with van der Waals surface area (Å²) in [4.78, 5) is 12.9. The van der Waals surface area contributed by atoms with Gasteiger partial charge in [-0.1, -0.05) is 42.5 Å². The highest BCUT2D eigenvalue weighted by Crippen LogP contribution is 2.36. The quantitative estimate of drug-likeness (QED) is 0.329. The Morgan fingerprint density at radius 2 is 1.35 bits per heavy atom. The third-order valence-electron chi connectivity index (χ3n) is 5.68. The van der Waals surface area contributed by atoms with Crippen LogP contribution >= 0.6 is 0 Å². The third-order valence-corrected chi connectivity index (χ3v) is 5.68. The van der Waals surface area contributed by atoms with E-state index in [0.29, 0.717) is 12.4 Å². The molecule has 0 unspecified atom stereocenters. The van der Waals surface area contributed by atoms with Gasteiger partial charge in [0.2, 0.25) is 0 Å². The van der Waals surface area contributed by atoms with Gasteiger partial charge in [-0.05, 0) is 59.2 Å². The minimum absolute atomic E-state index is 0.177. The van der Waals surface area contributed by atoms with Crippen molar-refractivity contribution >= 4 is 0 Å². The molecule has 0 radical (unpaired) electrons. The van der Waals surface area contributed by atoms with Crippen LogP contribution in [0.25, 0.3) is 0 Å². The number of methoxy groups -OCH3 is 2. The fourth-order valence-corrected chi connectivity index (χ4v) is 3.88. The zero-order valence-corrected chi connectivity index (χ0v) is 19.1. The molecule has 1 aromatic heterocycles. The summed E-state index contributed by atoms with van der Waals surface area (Å²) in [5.74, 6) is 1.13. The SMILES string of the molecule is COc1ccc(CO[C@H](c2ccc(OC)cc2)[C@H](c2ccc(F)cc2)n2ccccc2=O)cc1. The van der Waals surface area contributed by atoms with E-state index >= 15 is 0 Å². The first kappa shape index (κ1) is 23.3. The molecule has 1 heterocycles. The van der Waals surface area contributed by atoms with E-state index in [1.54, 1.807) is 49.2 Å². The second-order valence-corrected chi connectivity index (χ2v) is 7.80. The fourth-order valence-electron chi connectivity index (χ4n) is 3.88. The molecule has 2 atom stereocenters. The Labute approximate surface area is 198 Å². The topological polar surface area (TPSA) is 49.7 Å². The molecule has 0 N–H and O–H groups in total. The van der Waals surface area contributed by atoms with E-state index in [-0.39, 0.29) is 11.4 Å². The van der Waals surface area contributed by atoms with Crippen LogP contribution in [0.1, 0.15) is 28.8 Å². The van der Waals surface area contributed by atoms with Gasteiger partial charge in [0.1, 0.15) is 23.4 Å². The van der Waals surface area contributed by atoms with Crippen LogP contribution in [0, 0.1) is 5.82 Å². The van der Waals surface area contributed by atoms with Gasteiger partial charge in [-0.25, -0.2) is 4.39 Å². The van der Waals surface area contributed by atoms with Crippen molar-refractivity contribution in [2.24, 2.45) is 0 Å². The zero-order valence-electron chi connectivity index (χ0n) is 19.1. The van der Waals surface area contributed by atoms with Gasteiger partial charge in [0.15, 0.2) is 0 Å². The number of benzene rings is 3. The van der Waals surface area contributed by atoms with Crippen molar-refractivity contribution in [1.29, 1.82) is 0 Å². The Hall–Kier alpha value is -3.90. The van der Waals surface area contributed by atoms with E-state index < -0.39 is 12.1 Å². The molecule has 4 rings (SSSR count). The minimum atomic E-state index is -0.543. The van der Waals surface area contributed by atoms with Gasteiger partial charge in [-0.15, -0.1) is 0 Å². The van der Waals surface area contributed by atoms with Crippen molar-refractivity contribution in [3.8, 4) is 11.5 Å². The Balaban J connectivity index is 1.78. The highest BCUT2D eigenvalue weighted by Gasteiger charge is 2.28. The summed E-state index contributed by atoms with van der Waals surface area (Å²) in [5, 5.41) is 0. The Bertz CT molecular complexity index is 1250. The summed E-state index contributed by atoms with van der Waals surface area (Å²) in [6.45, 7) is 0.306. The fraction of sp³-hybridized carbons (Fsp3) is 0.179. The number of hydrogen-bond acceptors (Lipinski definition) is 4. The van der Waals surface area contributed by atoms with Crippen LogP contribution in [0.4, 0.5) is 4.39 Å². The predicted octanol–water partition coefficient (Wildman–Crippen LogP) is 5.55. The van der Waals surface area contributed by atoms with Crippen molar-refractivity contribution < 1.29 is 18.6 Å². The van der Waals surface area contributed by atoms with Crippen molar-refractivity contribution in [1.82, 2.24) is 4.57 Å². The minimum Gasteiger partial charge on any atom is -0.497 e. The van der Waals surface area contributed by atoms with E-state index in [9.17, 15) is 9.18 Å². The molecule has 5 nitrogen and oxygen atoms in total. The van der Waals surface area contributed by atoms with Gasteiger partial charge < -0.3 is 18.8 Å². The molecule has 0 amide bonds. The second kappa shape index (κ2) is 10.8. The van der Waals surface area contributed by atoms with Crippen molar-refractivity contribution in [3.05, 3.63) is 130 Å². The molecule has 0 spiro atoms. The monoisotopic (exact) mass is 459 g/mol. The summed E-state index contributed by atoms with van der Waals surface area (Å²) < 4.78 is 32.4. The lowest BCUT2D eigenvalue weighted by molar-refractivity contribution is 0.0126. The maximum Gasteiger partial charge on any atom is 0.251 e. The molecule has 6 heteroatoms. The molecule has 0 aliphatic heterocycles. The molecule has 4 aromatic rings. The zero-order chi connectivity index (χ0) is 23.9. The number of aromatic nitrogens is 1. The van der Waals surface area contributed by atoms with Crippen LogP contribution < -0.4 is 15.0 Å². The first-order valence-corrected chi connectivity index (χ1v) is 10.9. The van der Waals surface area contributed by atoms with Gasteiger partial charge in [0.25, 0.3) is 5.56 Å². The summed E-state index contributed by atoms with van der Waals surface area (Å²) in [7, 11) is 3.23. The standard InChI is InChI=1S/C28H26FNO4/c1-32-24-14-6-20(7-15-24)19-34-28(22-10-16-25(33-2)17-11-22)27(21-8-12-23(29)13-9-21)30-18-4-3-5-26(30)31/h3-18,27-28H,19H2,1-2H3/t27-,28+/m0/s1. The highest BCUT2D eigenvalue weighted by atomic mass is 19.1. The molecule has 0 aliphatic carbocycles. The lowest BCUT2D eigenvalue weighted by atomic mass is 9.94. The van der Waals surface area contributed by atoms with Crippen molar-refractivity contribution in [3.63, 3.8) is 0 Å². The van der Waals surface area contributed by atoms with E-state index in [4.69, 9.17) is 14.2 Å². The molecule has 3 aromatic carbocycles. The van der Waals surface area contributed by atoms with E-state index in [1.807, 2.05) is 48.5 Å². The van der Waals surface area contributed by atoms with Crippen molar-refractivity contribution in [2.75, 3.05) is 14.2 Å². The third kappa shape index (κ3) is 5.35. The number of rotatable bonds is 9. The normalized spacial score (nSPS) is 12.7.